The highest BCUT2D eigenvalue weighted by Crippen LogP contribution is 2.50. The van der Waals surface area contributed by atoms with Crippen molar-refractivity contribution < 1.29 is 23.5 Å². The number of halogens is 2. The van der Waals surface area contributed by atoms with Crippen molar-refractivity contribution in [2.24, 2.45) is 11.8 Å². The predicted octanol–water partition coefficient (Wildman–Crippen LogP) is 3.17. The van der Waals surface area contributed by atoms with Gasteiger partial charge in [-0.15, -0.1) is 0 Å². The zero-order chi connectivity index (χ0) is 17.3. The molecule has 2 aliphatic rings. The monoisotopic (exact) mass is 337 g/mol. The van der Waals surface area contributed by atoms with Crippen LogP contribution >= 0.6 is 0 Å². The maximum absolute atomic E-state index is 13.8. The molecule has 1 aromatic rings. The molecule has 1 saturated heterocycles. The number of carbonyl (C=O) groups excluding carboxylic acids is 1. The molecule has 0 radical (unpaired) electrons. The zero-order valence-corrected chi connectivity index (χ0v) is 13.4. The number of likely N-dealkylation sites (tertiary alicyclic amines) is 1. The Labute approximate surface area is 139 Å². The minimum Gasteiger partial charge on any atom is -0.481 e. The minimum atomic E-state index is -0.823. The fourth-order valence-corrected chi connectivity index (χ4v) is 3.71. The quantitative estimate of drug-likeness (QED) is 0.898. The fourth-order valence-electron chi connectivity index (χ4n) is 3.71. The van der Waals surface area contributed by atoms with Crippen LogP contribution in [0.15, 0.2) is 18.2 Å². The molecule has 0 unspecified atom stereocenters. The van der Waals surface area contributed by atoms with E-state index in [-0.39, 0.29) is 35.6 Å². The van der Waals surface area contributed by atoms with Gasteiger partial charge in [0.05, 0.1) is 0 Å². The average molecular weight is 337 g/mol. The van der Waals surface area contributed by atoms with Crippen molar-refractivity contribution in [2.75, 3.05) is 13.1 Å². The molecule has 1 heterocycles. The number of hydrogen-bond donors (Lipinski definition) is 1. The Kier molecular flexibility index (Phi) is 4.83. The maximum Gasteiger partial charge on any atom is 0.303 e. The van der Waals surface area contributed by atoms with Gasteiger partial charge in [0.2, 0.25) is 5.91 Å². The van der Waals surface area contributed by atoms with Gasteiger partial charge in [-0.2, -0.15) is 0 Å². The van der Waals surface area contributed by atoms with Crippen LogP contribution in [0.1, 0.15) is 43.6 Å². The van der Waals surface area contributed by atoms with Gasteiger partial charge in [-0.1, -0.05) is 6.07 Å². The first kappa shape index (κ1) is 16.9. The molecule has 4 nitrogen and oxygen atoms in total. The SMILES string of the molecule is O=C(O)CC[C@@H]1CCCN(C(=O)[C@H]2C[C@H]2c2c(F)cccc2F)C1. The lowest BCUT2D eigenvalue weighted by molar-refractivity contribution is -0.137. The van der Waals surface area contributed by atoms with Crippen molar-refractivity contribution in [1.82, 2.24) is 4.90 Å². The molecule has 1 N–H and O–H groups in total. The van der Waals surface area contributed by atoms with Crippen molar-refractivity contribution >= 4 is 11.9 Å². The standard InChI is InChI=1S/C18H21F2NO3/c19-14-4-1-5-15(20)17(14)12-9-13(12)18(24)21-8-2-3-11(10-21)6-7-16(22)23/h1,4-5,11-13H,2-3,6-10H2,(H,22,23)/t11-,12+,13-/m0/s1. The van der Waals surface area contributed by atoms with E-state index in [0.717, 1.165) is 12.8 Å². The Morgan fingerprint density at radius 3 is 2.62 bits per heavy atom. The molecule has 0 aromatic heterocycles. The molecule has 2 fully saturated rings. The number of carbonyl (C=O) groups is 2. The van der Waals surface area contributed by atoms with E-state index in [2.05, 4.69) is 0 Å². The number of benzene rings is 1. The molecule has 3 atom stereocenters. The number of aliphatic carboxylic acids is 1. The van der Waals surface area contributed by atoms with Gasteiger partial charge in [0.1, 0.15) is 11.6 Å². The summed E-state index contributed by atoms with van der Waals surface area (Å²) in [4.78, 5) is 25.1. The molecule has 3 rings (SSSR count). The van der Waals surface area contributed by atoms with Crippen molar-refractivity contribution in [2.45, 2.75) is 38.0 Å². The van der Waals surface area contributed by atoms with Gasteiger partial charge in [-0.05, 0) is 43.7 Å². The lowest BCUT2D eigenvalue weighted by Gasteiger charge is -2.33. The molecular weight excluding hydrogens is 316 g/mol. The zero-order valence-electron chi connectivity index (χ0n) is 13.4. The van der Waals surface area contributed by atoms with E-state index in [1.54, 1.807) is 4.90 Å². The van der Waals surface area contributed by atoms with Gasteiger partial charge in [0.15, 0.2) is 0 Å². The summed E-state index contributed by atoms with van der Waals surface area (Å²) in [6.45, 7) is 1.19. The summed E-state index contributed by atoms with van der Waals surface area (Å²) in [5, 5.41) is 8.78. The lowest BCUT2D eigenvalue weighted by atomic mass is 9.93. The van der Waals surface area contributed by atoms with Crippen LogP contribution in [0.4, 0.5) is 8.78 Å². The Morgan fingerprint density at radius 1 is 1.25 bits per heavy atom. The number of piperidine rings is 1. The van der Waals surface area contributed by atoms with Gasteiger partial charge >= 0.3 is 5.97 Å². The topological polar surface area (TPSA) is 57.6 Å². The smallest absolute Gasteiger partial charge is 0.303 e. The van der Waals surface area contributed by atoms with Crippen molar-refractivity contribution in [3.05, 3.63) is 35.4 Å². The fraction of sp³-hybridized carbons (Fsp3) is 0.556. The third-order valence-electron chi connectivity index (χ3n) is 5.08. The van der Waals surface area contributed by atoms with E-state index >= 15 is 0 Å². The molecule has 1 amide bonds. The molecule has 24 heavy (non-hydrogen) atoms. The molecule has 6 heteroatoms. The normalized spacial score (nSPS) is 26.2. The van der Waals surface area contributed by atoms with Gasteiger partial charge < -0.3 is 10.0 Å². The predicted molar refractivity (Wildman–Crippen MR) is 83.4 cm³/mol. The first-order chi connectivity index (χ1) is 11.5. The van der Waals surface area contributed by atoms with Crippen LogP contribution in [0.5, 0.6) is 0 Å². The van der Waals surface area contributed by atoms with Crippen LogP contribution in [-0.4, -0.2) is 35.0 Å². The van der Waals surface area contributed by atoms with Crippen molar-refractivity contribution in [3.63, 3.8) is 0 Å². The van der Waals surface area contributed by atoms with E-state index in [1.165, 1.54) is 18.2 Å². The molecule has 130 valence electrons. The maximum atomic E-state index is 13.8. The van der Waals surface area contributed by atoms with Crippen LogP contribution in [0.2, 0.25) is 0 Å². The van der Waals surface area contributed by atoms with E-state index in [4.69, 9.17) is 5.11 Å². The summed E-state index contributed by atoms with van der Waals surface area (Å²) < 4.78 is 27.7. The second kappa shape index (κ2) is 6.87. The van der Waals surface area contributed by atoms with Crippen molar-refractivity contribution in [1.29, 1.82) is 0 Å². The first-order valence-electron chi connectivity index (χ1n) is 8.42. The summed E-state index contributed by atoms with van der Waals surface area (Å²) in [7, 11) is 0. The second-order valence-corrected chi connectivity index (χ2v) is 6.81. The Balaban J connectivity index is 1.60. The van der Waals surface area contributed by atoms with E-state index < -0.39 is 17.6 Å². The van der Waals surface area contributed by atoms with Crippen LogP contribution in [-0.2, 0) is 9.59 Å². The first-order valence-corrected chi connectivity index (χ1v) is 8.42. The molecule has 1 aromatic carbocycles. The largest absolute Gasteiger partial charge is 0.481 e. The molecule has 0 spiro atoms. The number of carboxylic acid groups (broad SMARTS) is 1. The van der Waals surface area contributed by atoms with Crippen LogP contribution in [0, 0.1) is 23.5 Å². The highest BCUT2D eigenvalue weighted by molar-refractivity contribution is 5.83. The summed E-state index contributed by atoms with van der Waals surface area (Å²) in [6.07, 6.45) is 2.93. The number of hydrogen-bond acceptors (Lipinski definition) is 2. The second-order valence-electron chi connectivity index (χ2n) is 6.81. The van der Waals surface area contributed by atoms with Crippen LogP contribution in [0.3, 0.4) is 0 Å². The summed E-state index contributed by atoms with van der Waals surface area (Å²) in [5.74, 6) is -2.59. The minimum absolute atomic E-state index is 0.0234. The molecule has 0 bridgehead atoms. The van der Waals surface area contributed by atoms with Crippen LogP contribution in [0.25, 0.3) is 0 Å². The Bertz CT molecular complexity index is 629. The third kappa shape index (κ3) is 3.57. The third-order valence-corrected chi connectivity index (χ3v) is 5.08. The molecule has 1 aliphatic carbocycles. The van der Waals surface area contributed by atoms with Gasteiger partial charge in [-0.3, -0.25) is 9.59 Å². The average Bonchev–Trinajstić information content (AvgIpc) is 3.32. The number of carboxylic acids is 1. The molecule has 1 aliphatic heterocycles. The molecular formula is C18H21F2NO3. The van der Waals surface area contributed by atoms with E-state index in [0.29, 0.717) is 25.9 Å². The van der Waals surface area contributed by atoms with E-state index in [9.17, 15) is 18.4 Å². The highest BCUT2D eigenvalue weighted by atomic mass is 19.1. The van der Waals surface area contributed by atoms with E-state index in [1.807, 2.05) is 0 Å². The summed E-state index contributed by atoms with van der Waals surface area (Å²) in [5.41, 5.74) is 0.0234. The number of nitrogens with zero attached hydrogens (tertiary/aromatic N) is 1. The number of rotatable bonds is 5. The van der Waals surface area contributed by atoms with Gasteiger partial charge in [0.25, 0.3) is 0 Å². The van der Waals surface area contributed by atoms with Gasteiger partial charge in [0, 0.05) is 36.9 Å². The Hall–Kier alpha value is -1.98. The molecule has 1 saturated carbocycles. The number of amides is 1. The van der Waals surface area contributed by atoms with Gasteiger partial charge in [-0.25, -0.2) is 8.78 Å². The van der Waals surface area contributed by atoms with Crippen molar-refractivity contribution in [3.8, 4) is 0 Å². The Morgan fingerprint density at radius 2 is 1.96 bits per heavy atom. The highest BCUT2D eigenvalue weighted by Gasteiger charge is 2.48. The summed E-state index contributed by atoms with van der Waals surface area (Å²) in [6, 6.07) is 3.77. The lowest BCUT2D eigenvalue weighted by Crippen LogP contribution is -2.41. The van der Waals surface area contributed by atoms with Crippen LogP contribution < -0.4 is 0 Å². The summed E-state index contributed by atoms with van der Waals surface area (Å²) >= 11 is 0.